The van der Waals surface area contributed by atoms with Crippen LogP contribution in [0.2, 0.25) is 0 Å². The Balaban J connectivity index is 1.31. The maximum Gasteiger partial charge on any atom is 0.419 e. The van der Waals surface area contributed by atoms with Crippen LogP contribution >= 0.6 is 11.8 Å². The van der Waals surface area contributed by atoms with E-state index in [1.165, 1.54) is 11.8 Å². The Morgan fingerprint density at radius 1 is 1.05 bits per heavy atom. The molecule has 1 aliphatic heterocycles. The number of halogens is 4. The number of rotatable bonds is 7. The van der Waals surface area contributed by atoms with Gasteiger partial charge in [0.2, 0.25) is 0 Å². The topological polar surface area (TPSA) is 98.8 Å². The third kappa shape index (κ3) is 5.72. The number of H-pyrrole nitrogens is 1. The van der Waals surface area contributed by atoms with Crippen LogP contribution in [-0.4, -0.2) is 39.2 Å². The van der Waals surface area contributed by atoms with Gasteiger partial charge in [-0.1, -0.05) is 6.07 Å². The normalized spacial score (nSPS) is 13.2. The molecule has 8 nitrogen and oxygen atoms in total. The Kier molecular flexibility index (Phi) is 6.93. The molecule has 38 heavy (non-hydrogen) atoms. The Morgan fingerprint density at radius 3 is 2.45 bits per heavy atom. The number of alkyl halides is 3. The third-order valence-electron chi connectivity index (χ3n) is 5.70. The standard InChI is InChI=1S/C25H21F4N7OS/c1-14-12-20(35-34-14)31-19-13-21(36-10-3-11-36)33-24(32-19)38-16-8-6-15(7-9-16)30-23(37)17-4-2-5-18(22(17)26)25(27,28)29/h2,4-9,12-13H,3,10-11H2,1H3,(H,30,37)(H2,31,32,33,34,35). The number of nitrogens with one attached hydrogen (secondary N) is 3. The molecule has 0 bridgehead atoms. The second kappa shape index (κ2) is 10.3. The summed E-state index contributed by atoms with van der Waals surface area (Å²) >= 11 is 1.30. The highest BCUT2D eigenvalue weighted by Crippen LogP contribution is 2.33. The van der Waals surface area contributed by atoms with Crippen LogP contribution in [0.4, 0.5) is 40.7 Å². The molecule has 1 amide bonds. The van der Waals surface area contributed by atoms with Crippen LogP contribution in [0.3, 0.4) is 0 Å². The first-order valence-corrected chi connectivity index (χ1v) is 12.4. The van der Waals surface area contributed by atoms with E-state index >= 15 is 0 Å². The van der Waals surface area contributed by atoms with E-state index in [4.69, 9.17) is 0 Å². The summed E-state index contributed by atoms with van der Waals surface area (Å²) in [6.45, 7) is 3.71. The number of carbonyl (C=O) groups is 1. The van der Waals surface area contributed by atoms with Crippen molar-refractivity contribution >= 4 is 40.8 Å². The van der Waals surface area contributed by atoms with Crippen molar-refractivity contribution in [2.75, 3.05) is 28.6 Å². The summed E-state index contributed by atoms with van der Waals surface area (Å²) in [4.78, 5) is 24.6. The number of aromatic amines is 1. The fraction of sp³-hybridized carbons (Fsp3) is 0.200. The van der Waals surface area contributed by atoms with Crippen LogP contribution in [0.1, 0.15) is 28.0 Å². The number of hydrogen-bond donors (Lipinski definition) is 3. The average Bonchev–Trinajstić information content (AvgIpc) is 3.22. The van der Waals surface area contributed by atoms with Gasteiger partial charge in [0.05, 0.1) is 11.1 Å². The van der Waals surface area contributed by atoms with E-state index in [9.17, 15) is 22.4 Å². The van der Waals surface area contributed by atoms with Gasteiger partial charge in [-0.3, -0.25) is 9.89 Å². The van der Waals surface area contributed by atoms with Gasteiger partial charge >= 0.3 is 6.18 Å². The number of carbonyl (C=O) groups excluding carboxylic acids is 1. The van der Waals surface area contributed by atoms with E-state index in [-0.39, 0.29) is 0 Å². The van der Waals surface area contributed by atoms with E-state index in [2.05, 4.69) is 35.7 Å². The molecule has 1 fully saturated rings. The molecule has 3 N–H and O–H groups in total. The Morgan fingerprint density at radius 2 is 1.82 bits per heavy atom. The number of amides is 1. The zero-order valence-corrected chi connectivity index (χ0v) is 20.8. The molecule has 196 valence electrons. The van der Waals surface area contributed by atoms with Crippen molar-refractivity contribution in [2.45, 2.75) is 29.6 Å². The molecule has 4 aromatic rings. The molecule has 1 saturated heterocycles. The van der Waals surface area contributed by atoms with Crippen LogP contribution in [-0.2, 0) is 6.18 Å². The first-order chi connectivity index (χ1) is 18.2. The number of benzene rings is 2. The van der Waals surface area contributed by atoms with Gasteiger partial charge in [0.1, 0.15) is 17.5 Å². The zero-order chi connectivity index (χ0) is 26.9. The summed E-state index contributed by atoms with van der Waals surface area (Å²) in [5.74, 6) is -0.593. The third-order valence-corrected chi connectivity index (χ3v) is 6.58. The van der Waals surface area contributed by atoms with E-state index in [1.807, 2.05) is 19.1 Å². The van der Waals surface area contributed by atoms with Crippen LogP contribution in [0.5, 0.6) is 0 Å². The minimum Gasteiger partial charge on any atom is -0.356 e. The molecule has 2 aromatic carbocycles. The molecule has 0 aliphatic carbocycles. The lowest BCUT2D eigenvalue weighted by atomic mass is 10.1. The monoisotopic (exact) mass is 543 g/mol. The molecule has 0 saturated carbocycles. The van der Waals surface area contributed by atoms with E-state index in [0.29, 0.717) is 28.5 Å². The fourth-order valence-electron chi connectivity index (χ4n) is 3.68. The summed E-state index contributed by atoms with van der Waals surface area (Å²) in [6.07, 6.45) is -3.81. The lowest BCUT2D eigenvalue weighted by molar-refractivity contribution is -0.140. The highest BCUT2D eigenvalue weighted by Gasteiger charge is 2.35. The Hall–Kier alpha value is -4.13. The summed E-state index contributed by atoms with van der Waals surface area (Å²) in [5.41, 5.74) is -0.986. The lowest BCUT2D eigenvalue weighted by Gasteiger charge is -2.32. The second-order valence-corrected chi connectivity index (χ2v) is 9.58. The Bertz CT molecular complexity index is 1470. The van der Waals surface area contributed by atoms with Gasteiger partial charge in [0.25, 0.3) is 5.91 Å². The predicted molar refractivity (Wildman–Crippen MR) is 135 cm³/mol. The highest BCUT2D eigenvalue weighted by molar-refractivity contribution is 7.99. The van der Waals surface area contributed by atoms with E-state index in [1.54, 1.807) is 24.3 Å². The first kappa shape index (κ1) is 25.5. The molecule has 0 atom stereocenters. The number of anilines is 4. The maximum absolute atomic E-state index is 14.3. The summed E-state index contributed by atoms with van der Waals surface area (Å²) in [5, 5.41) is 13.2. The number of hydrogen-bond acceptors (Lipinski definition) is 7. The van der Waals surface area contributed by atoms with Gasteiger partial charge in [0.15, 0.2) is 11.0 Å². The van der Waals surface area contributed by atoms with Gasteiger partial charge in [0, 0.05) is 41.5 Å². The van der Waals surface area contributed by atoms with Crippen molar-refractivity contribution in [3.63, 3.8) is 0 Å². The van der Waals surface area contributed by atoms with Gasteiger partial charge in [-0.05, 0) is 61.5 Å². The molecular weight excluding hydrogens is 522 g/mol. The molecule has 3 heterocycles. The van der Waals surface area contributed by atoms with E-state index < -0.39 is 29.0 Å². The molecule has 1 aliphatic rings. The minimum atomic E-state index is -4.90. The average molecular weight is 544 g/mol. The SMILES string of the molecule is Cc1cc(Nc2cc(N3CCC3)nc(Sc3ccc(NC(=O)c4cccc(C(F)(F)F)c4F)cc3)n2)n[nH]1. The van der Waals surface area contributed by atoms with Crippen molar-refractivity contribution in [1.82, 2.24) is 20.2 Å². The van der Waals surface area contributed by atoms with Crippen LogP contribution in [0, 0.1) is 12.7 Å². The summed E-state index contributed by atoms with van der Waals surface area (Å²) < 4.78 is 53.2. The minimum absolute atomic E-state index is 0.294. The molecule has 2 aromatic heterocycles. The first-order valence-electron chi connectivity index (χ1n) is 11.5. The largest absolute Gasteiger partial charge is 0.419 e. The van der Waals surface area contributed by atoms with Crippen LogP contribution in [0.25, 0.3) is 0 Å². The fourth-order valence-corrected chi connectivity index (χ4v) is 4.45. The molecular formula is C25H21F4N7OS. The summed E-state index contributed by atoms with van der Waals surface area (Å²) in [6, 6.07) is 12.8. The predicted octanol–water partition coefficient (Wildman–Crippen LogP) is 6.02. The molecule has 0 radical (unpaired) electrons. The van der Waals surface area contributed by atoms with Gasteiger partial charge in [-0.25, -0.2) is 14.4 Å². The van der Waals surface area contributed by atoms with Crippen molar-refractivity contribution in [3.8, 4) is 0 Å². The van der Waals surface area contributed by atoms with Crippen LogP contribution in [0.15, 0.2) is 64.6 Å². The van der Waals surface area contributed by atoms with E-state index in [0.717, 1.165) is 48.1 Å². The molecule has 13 heteroatoms. The highest BCUT2D eigenvalue weighted by atomic mass is 32.2. The van der Waals surface area contributed by atoms with Gasteiger partial charge < -0.3 is 15.5 Å². The maximum atomic E-state index is 14.3. The van der Waals surface area contributed by atoms with Crippen LogP contribution < -0.4 is 15.5 Å². The Labute approximate surface area is 218 Å². The second-order valence-electron chi connectivity index (χ2n) is 8.54. The molecule has 0 unspecified atom stereocenters. The number of aryl methyl sites for hydroxylation is 1. The number of nitrogens with zero attached hydrogens (tertiary/aromatic N) is 4. The van der Waals surface area contributed by atoms with Crippen molar-refractivity contribution in [1.29, 1.82) is 0 Å². The molecule has 5 rings (SSSR count). The van der Waals surface area contributed by atoms with Crippen molar-refractivity contribution < 1.29 is 22.4 Å². The summed E-state index contributed by atoms with van der Waals surface area (Å²) in [7, 11) is 0. The zero-order valence-electron chi connectivity index (χ0n) is 19.9. The quantitative estimate of drug-likeness (QED) is 0.194. The lowest BCUT2D eigenvalue weighted by Crippen LogP contribution is -2.37. The van der Waals surface area contributed by atoms with Gasteiger partial charge in [-0.15, -0.1) is 0 Å². The smallest absolute Gasteiger partial charge is 0.356 e. The number of aromatic nitrogens is 4. The van der Waals surface area contributed by atoms with Crippen molar-refractivity contribution in [2.24, 2.45) is 0 Å². The molecule has 0 spiro atoms. The van der Waals surface area contributed by atoms with Gasteiger partial charge in [-0.2, -0.15) is 18.3 Å². The van der Waals surface area contributed by atoms with Crippen molar-refractivity contribution in [3.05, 3.63) is 77.2 Å².